The minimum atomic E-state index is -0.386. The number of methoxy groups -OCH3 is 1. The zero-order valence-corrected chi connectivity index (χ0v) is 13.4. The van der Waals surface area contributed by atoms with Crippen molar-refractivity contribution in [2.45, 2.75) is 45.1 Å². The van der Waals surface area contributed by atoms with E-state index in [1.165, 1.54) is 0 Å². The van der Waals surface area contributed by atoms with Gasteiger partial charge in [0.25, 0.3) is 0 Å². The van der Waals surface area contributed by atoms with Crippen molar-refractivity contribution in [2.24, 2.45) is 5.41 Å². The van der Waals surface area contributed by atoms with Gasteiger partial charge >= 0.3 is 5.97 Å². The highest BCUT2D eigenvalue weighted by Crippen LogP contribution is 2.37. The molecule has 5 heteroatoms. The highest BCUT2D eigenvalue weighted by Gasteiger charge is 2.44. The molecule has 122 valence electrons. The zero-order chi connectivity index (χ0) is 15.1. The highest BCUT2D eigenvalue weighted by atomic mass is 16.5. The maximum absolute atomic E-state index is 12.5. The van der Waals surface area contributed by atoms with Crippen LogP contribution in [0, 0.1) is 5.41 Å². The number of esters is 1. The number of piperidine rings is 1. The molecule has 0 saturated carbocycles. The first-order chi connectivity index (χ1) is 10.2. The van der Waals surface area contributed by atoms with Crippen molar-refractivity contribution in [1.82, 2.24) is 4.90 Å². The first kappa shape index (κ1) is 16.7. The molecule has 1 atom stereocenters. The Labute approximate surface area is 127 Å². The maximum atomic E-state index is 12.5. The lowest BCUT2D eigenvalue weighted by Gasteiger charge is -2.45. The van der Waals surface area contributed by atoms with Crippen LogP contribution in [0.3, 0.4) is 0 Å². The molecule has 5 nitrogen and oxygen atoms in total. The fraction of sp³-hybridized carbons (Fsp3) is 0.938. The van der Waals surface area contributed by atoms with Gasteiger partial charge in [-0.3, -0.25) is 9.69 Å². The molecular formula is C16H29NO4. The van der Waals surface area contributed by atoms with Crippen LogP contribution in [0.2, 0.25) is 0 Å². The number of likely N-dealkylation sites (tertiary alicyclic amines) is 1. The van der Waals surface area contributed by atoms with E-state index in [0.29, 0.717) is 19.3 Å². The molecule has 0 aromatic heterocycles. The Kier molecular flexibility index (Phi) is 6.45. The van der Waals surface area contributed by atoms with E-state index in [1.807, 2.05) is 6.92 Å². The highest BCUT2D eigenvalue weighted by molar-refractivity contribution is 5.77. The van der Waals surface area contributed by atoms with Crippen molar-refractivity contribution in [1.29, 1.82) is 0 Å². The molecule has 2 aliphatic heterocycles. The average molecular weight is 299 g/mol. The van der Waals surface area contributed by atoms with Crippen LogP contribution in [-0.4, -0.2) is 63.5 Å². The number of carbonyl (C=O) groups is 1. The standard InChI is InChI=1S/C16H29NO4/c1-3-21-15(18)16(8-12-19-2)7-4-9-17(13-16)14-5-10-20-11-6-14/h14H,3-13H2,1-2H3. The molecule has 0 spiro atoms. The second-order valence-electron chi connectivity index (χ2n) is 6.16. The van der Waals surface area contributed by atoms with Crippen molar-refractivity contribution in [3.8, 4) is 0 Å². The Morgan fingerprint density at radius 2 is 2.14 bits per heavy atom. The summed E-state index contributed by atoms with van der Waals surface area (Å²) in [6, 6.07) is 0.551. The molecule has 1 unspecified atom stereocenters. The topological polar surface area (TPSA) is 48.0 Å². The van der Waals surface area contributed by atoms with Crippen LogP contribution in [0.5, 0.6) is 0 Å². The summed E-state index contributed by atoms with van der Waals surface area (Å²) < 4.78 is 16.1. The summed E-state index contributed by atoms with van der Waals surface area (Å²) in [7, 11) is 1.69. The van der Waals surface area contributed by atoms with Crippen LogP contribution in [0.1, 0.15) is 39.0 Å². The molecule has 0 amide bonds. The molecule has 0 radical (unpaired) electrons. The quantitative estimate of drug-likeness (QED) is 0.701. The summed E-state index contributed by atoms with van der Waals surface area (Å²) in [5, 5.41) is 0. The van der Waals surface area contributed by atoms with Gasteiger partial charge in [0, 0.05) is 39.5 Å². The Morgan fingerprint density at radius 3 is 2.81 bits per heavy atom. The third-order valence-electron chi connectivity index (χ3n) is 4.81. The minimum absolute atomic E-state index is 0.0428. The monoisotopic (exact) mass is 299 g/mol. The van der Waals surface area contributed by atoms with Crippen LogP contribution < -0.4 is 0 Å². The van der Waals surface area contributed by atoms with Gasteiger partial charge in [-0.15, -0.1) is 0 Å². The number of carbonyl (C=O) groups excluding carboxylic acids is 1. The number of hydrogen-bond donors (Lipinski definition) is 0. The molecule has 0 N–H and O–H groups in total. The van der Waals surface area contributed by atoms with Gasteiger partial charge in [0.1, 0.15) is 0 Å². The van der Waals surface area contributed by atoms with Crippen molar-refractivity contribution in [3.63, 3.8) is 0 Å². The van der Waals surface area contributed by atoms with E-state index >= 15 is 0 Å². The molecule has 0 aliphatic carbocycles. The summed E-state index contributed by atoms with van der Waals surface area (Å²) in [5.74, 6) is -0.0428. The number of ether oxygens (including phenoxy) is 3. The van der Waals surface area contributed by atoms with Gasteiger partial charge < -0.3 is 14.2 Å². The zero-order valence-electron chi connectivity index (χ0n) is 13.4. The number of hydrogen-bond acceptors (Lipinski definition) is 5. The van der Waals surface area contributed by atoms with Gasteiger partial charge in [-0.1, -0.05) is 0 Å². The molecule has 0 bridgehead atoms. The van der Waals surface area contributed by atoms with E-state index in [-0.39, 0.29) is 11.4 Å². The van der Waals surface area contributed by atoms with Gasteiger partial charge in [-0.2, -0.15) is 0 Å². The van der Waals surface area contributed by atoms with E-state index in [0.717, 1.165) is 58.4 Å². The lowest BCUT2D eigenvalue weighted by molar-refractivity contribution is -0.162. The van der Waals surface area contributed by atoms with Crippen molar-refractivity contribution >= 4 is 5.97 Å². The molecule has 0 aromatic carbocycles. The lowest BCUT2D eigenvalue weighted by Crippen LogP contribution is -2.53. The molecular weight excluding hydrogens is 270 g/mol. The fourth-order valence-corrected chi connectivity index (χ4v) is 3.58. The average Bonchev–Trinajstić information content (AvgIpc) is 2.54. The lowest BCUT2D eigenvalue weighted by atomic mass is 9.76. The van der Waals surface area contributed by atoms with Crippen molar-refractivity contribution in [3.05, 3.63) is 0 Å². The van der Waals surface area contributed by atoms with Crippen molar-refractivity contribution in [2.75, 3.05) is 46.6 Å². The minimum Gasteiger partial charge on any atom is -0.466 e. The Bertz CT molecular complexity index is 330. The van der Waals surface area contributed by atoms with E-state index in [1.54, 1.807) is 7.11 Å². The van der Waals surface area contributed by atoms with Crippen LogP contribution in [0.15, 0.2) is 0 Å². The van der Waals surface area contributed by atoms with E-state index in [4.69, 9.17) is 14.2 Å². The van der Waals surface area contributed by atoms with Gasteiger partial charge in [-0.05, 0) is 45.6 Å². The van der Waals surface area contributed by atoms with E-state index in [9.17, 15) is 4.79 Å². The third-order valence-corrected chi connectivity index (χ3v) is 4.81. The summed E-state index contributed by atoms with van der Waals surface area (Å²) in [6.07, 6.45) is 4.86. The molecule has 2 heterocycles. The van der Waals surface area contributed by atoms with Gasteiger partial charge in [0.15, 0.2) is 0 Å². The SMILES string of the molecule is CCOC(=O)C1(CCOC)CCCN(C2CCOCC2)C1. The van der Waals surface area contributed by atoms with Gasteiger partial charge in [0.05, 0.1) is 12.0 Å². The largest absolute Gasteiger partial charge is 0.466 e. The second kappa shape index (κ2) is 8.11. The Balaban J connectivity index is 2.05. The molecule has 21 heavy (non-hydrogen) atoms. The smallest absolute Gasteiger partial charge is 0.313 e. The first-order valence-corrected chi connectivity index (χ1v) is 8.20. The summed E-state index contributed by atoms with van der Waals surface area (Å²) in [4.78, 5) is 15.0. The number of rotatable bonds is 6. The van der Waals surface area contributed by atoms with Crippen LogP contribution in [0.4, 0.5) is 0 Å². The summed E-state index contributed by atoms with van der Waals surface area (Å²) in [6.45, 7) is 6.50. The fourth-order valence-electron chi connectivity index (χ4n) is 3.58. The Morgan fingerprint density at radius 1 is 1.38 bits per heavy atom. The molecule has 2 aliphatic rings. The second-order valence-corrected chi connectivity index (χ2v) is 6.16. The normalized spacial score (nSPS) is 28.5. The van der Waals surface area contributed by atoms with Crippen LogP contribution >= 0.6 is 0 Å². The van der Waals surface area contributed by atoms with Crippen LogP contribution in [-0.2, 0) is 19.0 Å². The number of nitrogens with zero attached hydrogens (tertiary/aromatic N) is 1. The summed E-state index contributed by atoms with van der Waals surface area (Å²) in [5.41, 5.74) is -0.386. The van der Waals surface area contributed by atoms with Gasteiger partial charge in [-0.25, -0.2) is 0 Å². The first-order valence-electron chi connectivity index (χ1n) is 8.20. The van der Waals surface area contributed by atoms with Crippen LogP contribution in [0.25, 0.3) is 0 Å². The summed E-state index contributed by atoms with van der Waals surface area (Å²) >= 11 is 0. The molecule has 2 rings (SSSR count). The predicted molar refractivity (Wildman–Crippen MR) is 80.2 cm³/mol. The Hall–Kier alpha value is -0.650. The molecule has 2 fully saturated rings. The van der Waals surface area contributed by atoms with E-state index < -0.39 is 0 Å². The van der Waals surface area contributed by atoms with Gasteiger partial charge in [0.2, 0.25) is 0 Å². The molecule has 2 saturated heterocycles. The van der Waals surface area contributed by atoms with Crippen molar-refractivity contribution < 1.29 is 19.0 Å². The molecule has 0 aromatic rings. The maximum Gasteiger partial charge on any atom is 0.313 e. The van der Waals surface area contributed by atoms with E-state index in [2.05, 4.69) is 4.90 Å². The predicted octanol–water partition coefficient (Wildman–Crippen LogP) is 1.85. The third kappa shape index (κ3) is 4.18.